The maximum absolute atomic E-state index is 14.5. The molecule has 0 aliphatic heterocycles. The summed E-state index contributed by atoms with van der Waals surface area (Å²) in [6, 6.07) is 7.51. The molecule has 2 aromatic heterocycles. The summed E-state index contributed by atoms with van der Waals surface area (Å²) < 4.78 is 84.3. The van der Waals surface area contributed by atoms with Gasteiger partial charge >= 0.3 is 6.18 Å². The van der Waals surface area contributed by atoms with Crippen molar-refractivity contribution in [2.75, 3.05) is 13.4 Å². The second-order valence-electron chi connectivity index (χ2n) is 8.16. The zero-order valence-electron chi connectivity index (χ0n) is 20.1. The van der Waals surface area contributed by atoms with Gasteiger partial charge in [0.05, 0.1) is 30.5 Å². The van der Waals surface area contributed by atoms with E-state index in [0.717, 1.165) is 18.4 Å². The van der Waals surface area contributed by atoms with E-state index >= 15 is 0 Å². The molecule has 0 saturated carbocycles. The summed E-state index contributed by atoms with van der Waals surface area (Å²) in [6.07, 6.45) is -1.000. The van der Waals surface area contributed by atoms with E-state index in [1.807, 2.05) is 0 Å². The molecule has 2 heterocycles. The molecule has 1 aromatic carbocycles. The van der Waals surface area contributed by atoms with Crippen molar-refractivity contribution >= 4 is 15.9 Å². The van der Waals surface area contributed by atoms with Gasteiger partial charge in [-0.3, -0.25) is 9.78 Å². The number of methoxy groups -OCH3 is 1. The minimum absolute atomic E-state index is 0.0542. The summed E-state index contributed by atoms with van der Waals surface area (Å²) in [5.41, 5.74) is -0.230. The van der Waals surface area contributed by atoms with E-state index in [9.17, 15) is 30.8 Å². The molecule has 0 saturated heterocycles. The van der Waals surface area contributed by atoms with Gasteiger partial charge in [0.15, 0.2) is 0 Å². The Balaban J connectivity index is 1.82. The molecule has 3 rings (SSSR count). The number of rotatable bonds is 9. The second-order valence-corrected chi connectivity index (χ2v) is 9.99. The summed E-state index contributed by atoms with van der Waals surface area (Å²) in [4.78, 5) is 20.5. The van der Waals surface area contributed by atoms with Crippen molar-refractivity contribution in [3.63, 3.8) is 0 Å². The largest absolute Gasteiger partial charge is 0.496 e. The lowest BCUT2D eigenvalue weighted by molar-refractivity contribution is -0.141. The Labute approximate surface area is 211 Å². The number of benzene rings is 1. The first-order valence-corrected chi connectivity index (χ1v) is 12.8. The van der Waals surface area contributed by atoms with Crippen molar-refractivity contribution in [3.8, 4) is 17.0 Å². The van der Waals surface area contributed by atoms with Gasteiger partial charge in [-0.15, -0.1) is 0 Å². The number of alkyl halides is 3. The first-order chi connectivity index (χ1) is 17.3. The molecule has 1 amide bonds. The highest BCUT2D eigenvalue weighted by Gasteiger charge is 2.33. The Bertz CT molecular complexity index is 1400. The van der Waals surface area contributed by atoms with Crippen LogP contribution in [-0.4, -0.2) is 37.7 Å². The number of nitrogens with zero attached hydrogens (tertiary/aromatic N) is 2. The fraction of sp³-hybridized carbons (Fsp3) is 0.292. The normalized spacial score (nSPS) is 12.7. The molecule has 37 heavy (non-hydrogen) atoms. The van der Waals surface area contributed by atoms with Gasteiger partial charge in [0, 0.05) is 31.0 Å². The maximum atomic E-state index is 14.5. The number of hydrogen-bond acceptors (Lipinski definition) is 6. The van der Waals surface area contributed by atoms with Crippen LogP contribution in [0.1, 0.15) is 35.2 Å². The average molecular weight is 541 g/mol. The number of halogens is 4. The molecule has 0 fully saturated rings. The number of amides is 1. The van der Waals surface area contributed by atoms with Crippen LogP contribution in [-0.2, 0) is 34.1 Å². The van der Waals surface area contributed by atoms with Gasteiger partial charge < -0.3 is 10.1 Å². The third kappa shape index (κ3) is 7.23. The topological polar surface area (TPSA) is 110 Å². The van der Waals surface area contributed by atoms with Crippen molar-refractivity contribution in [3.05, 3.63) is 77.0 Å². The van der Waals surface area contributed by atoms with Gasteiger partial charge in [-0.2, -0.15) is 13.2 Å². The van der Waals surface area contributed by atoms with Gasteiger partial charge in [-0.1, -0.05) is 18.2 Å². The minimum atomic E-state index is -4.69. The standard InChI is InChI=1S/C24H24F4N4O4S/c1-14(15-4-5-16(19(25)10-15)12-31-37(3,34)35)23(33)30-11-17-6-7-21(24(26,27)28)32-22(17)18-13-29-9-8-20(18)36-2/h4-10,13-14,31H,11-12H2,1-3H3,(H,30,33). The summed E-state index contributed by atoms with van der Waals surface area (Å²) in [5, 5.41) is 2.65. The number of sulfonamides is 1. The van der Waals surface area contributed by atoms with Crippen molar-refractivity contribution in [2.45, 2.75) is 32.1 Å². The molecule has 1 unspecified atom stereocenters. The number of ether oxygens (including phenoxy) is 1. The van der Waals surface area contributed by atoms with Crippen LogP contribution in [0.2, 0.25) is 0 Å². The third-order valence-corrected chi connectivity index (χ3v) is 6.14. The van der Waals surface area contributed by atoms with Crippen LogP contribution in [0.25, 0.3) is 11.3 Å². The van der Waals surface area contributed by atoms with Gasteiger partial charge in [0.25, 0.3) is 0 Å². The molecular formula is C24H24F4N4O4S. The molecule has 0 aliphatic rings. The summed E-state index contributed by atoms with van der Waals surface area (Å²) in [5.74, 6) is -1.76. The zero-order valence-corrected chi connectivity index (χ0v) is 20.9. The van der Waals surface area contributed by atoms with E-state index in [0.29, 0.717) is 5.56 Å². The van der Waals surface area contributed by atoms with Crippen LogP contribution in [0.5, 0.6) is 5.75 Å². The number of hydrogen-bond donors (Lipinski definition) is 2. The Morgan fingerprint density at radius 3 is 2.43 bits per heavy atom. The van der Waals surface area contributed by atoms with E-state index in [1.165, 1.54) is 50.7 Å². The highest BCUT2D eigenvalue weighted by atomic mass is 32.2. The zero-order chi connectivity index (χ0) is 27.4. The van der Waals surface area contributed by atoms with E-state index < -0.39 is 39.5 Å². The van der Waals surface area contributed by atoms with Crippen LogP contribution >= 0.6 is 0 Å². The first kappa shape index (κ1) is 28.0. The number of pyridine rings is 2. The quantitative estimate of drug-likeness (QED) is 0.400. The summed E-state index contributed by atoms with van der Waals surface area (Å²) >= 11 is 0. The monoisotopic (exact) mass is 540 g/mol. The molecule has 0 spiro atoms. The third-order valence-electron chi connectivity index (χ3n) is 5.47. The van der Waals surface area contributed by atoms with E-state index in [2.05, 4.69) is 20.0 Å². The molecule has 3 aromatic rings. The van der Waals surface area contributed by atoms with Crippen molar-refractivity contribution in [1.82, 2.24) is 20.0 Å². The molecule has 0 radical (unpaired) electrons. The molecule has 8 nitrogen and oxygen atoms in total. The maximum Gasteiger partial charge on any atom is 0.433 e. The molecule has 1 atom stereocenters. The van der Waals surface area contributed by atoms with Crippen LogP contribution < -0.4 is 14.8 Å². The molecule has 0 bridgehead atoms. The molecule has 198 valence electrons. The van der Waals surface area contributed by atoms with E-state index in [4.69, 9.17) is 4.74 Å². The Kier molecular flexibility index (Phi) is 8.49. The van der Waals surface area contributed by atoms with Gasteiger partial charge in [-0.25, -0.2) is 22.5 Å². The van der Waals surface area contributed by atoms with Crippen LogP contribution in [0.3, 0.4) is 0 Å². The second kappa shape index (κ2) is 11.2. The Morgan fingerprint density at radius 2 is 1.81 bits per heavy atom. The fourth-order valence-corrected chi connectivity index (χ4v) is 3.85. The van der Waals surface area contributed by atoms with Crippen molar-refractivity contribution in [1.29, 1.82) is 0 Å². The molecule has 0 aliphatic carbocycles. The van der Waals surface area contributed by atoms with Gasteiger partial charge in [0.2, 0.25) is 15.9 Å². The van der Waals surface area contributed by atoms with Gasteiger partial charge in [-0.05, 0) is 36.2 Å². The lowest BCUT2D eigenvalue weighted by Crippen LogP contribution is -2.28. The molecular weight excluding hydrogens is 516 g/mol. The van der Waals surface area contributed by atoms with Crippen LogP contribution in [0.4, 0.5) is 17.6 Å². The average Bonchev–Trinajstić information content (AvgIpc) is 2.84. The smallest absolute Gasteiger partial charge is 0.433 e. The summed E-state index contributed by atoms with van der Waals surface area (Å²) in [7, 11) is -2.15. The lowest BCUT2D eigenvalue weighted by atomic mass is 9.98. The lowest BCUT2D eigenvalue weighted by Gasteiger charge is -2.17. The van der Waals surface area contributed by atoms with E-state index in [1.54, 1.807) is 0 Å². The number of nitrogens with one attached hydrogen (secondary N) is 2. The summed E-state index contributed by atoms with van der Waals surface area (Å²) in [6.45, 7) is 1.13. The molecule has 2 N–H and O–H groups in total. The minimum Gasteiger partial charge on any atom is -0.496 e. The molecule has 13 heteroatoms. The highest BCUT2D eigenvalue weighted by molar-refractivity contribution is 7.88. The Hall–Kier alpha value is -3.58. The Morgan fingerprint density at radius 1 is 1.11 bits per heavy atom. The number of carbonyl (C=O) groups is 1. The SMILES string of the molecule is COc1ccncc1-c1nc(C(F)(F)F)ccc1CNC(=O)C(C)c1ccc(CNS(C)(=O)=O)c(F)c1. The predicted octanol–water partition coefficient (Wildman–Crippen LogP) is 3.78. The van der Waals surface area contributed by atoms with Crippen LogP contribution in [0, 0.1) is 5.82 Å². The van der Waals surface area contributed by atoms with Crippen molar-refractivity contribution < 1.29 is 35.5 Å². The first-order valence-electron chi connectivity index (χ1n) is 10.9. The predicted molar refractivity (Wildman–Crippen MR) is 127 cm³/mol. The number of carbonyl (C=O) groups excluding carboxylic acids is 1. The van der Waals surface area contributed by atoms with Crippen LogP contribution in [0.15, 0.2) is 48.8 Å². The number of aromatic nitrogens is 2. The fourth-order valence-electron chi connectivity index (χ4n) is 3.43. The van der Waals surface area contributed by atoms with E-state index in [-0.39, 0.29) is 41.2 Å². The van der Waals surface area contributed by atoms with Crippen molar-refractivity contribution in [2.24, 2.45) is 0 Å². The van der Waals surface area contributed by atoms with Gasteiger partial charge in [0.1, 0.15) is 17.3 Å². The highest BCUT2D eigenvalue weighted by Crippen LogP contribution is 2.34.